The lowest BCUT2D eigenvalue weighted by molar-refractivity contribution is -0.319. The molecular formula is C35H48N2O10. The summed E-state index contributed by atoms with van der Waals surface area (Å²) in [6.45, 7) is 5.97. The Labute approximate surface area is 275 Å². The van der Waals surface area contributed by atoms with E-state index in [0.717, 1.165) is 0 Å². The molecule has 3 N–H and O–H groups in total. The minimum atomic E-state index is -1.78. The van der Waals surface area contributed by atoms with Crippen molar-refractivity contribution < 1.29 is 48.3 Å². The highest BCUT2D eigenvalue weighted by molar-refractivity contribution is 6.00. The minimum Gasteiger partial charge on any atom is -0.462 e. The van der Waals surface area contributed by atoms with Crippen LogP contribution in [0.2, 0.25) is 0 Å². The predicted molar refractivity (Wildman–Crippen MR) is 167 cm³/mol. The number of methoxy groups -OCH3 is 3. The van der Waals surface area contributed by atoms with Gasteiger partial charge in [-0.1, -0.05) is 19.1 Å². The number of nitrogens with zero attached hydrogens (tertiary/aromatic N) is 1. The molecule has 5 aliphatic carbocycles. The molecule has 7 rings (SSSR count). The first kappa shape index (κ1) is 32.9. The van der Waals surface area contributed by atoms with Crippen molar-refractivity contribution >= 4 is 23.5 Å². The Morgan fingerprint density at radius 1 is 1.06 bits per heavy atom. The lowest BCUT2D eigenvalue weighted by Gasteiger charge is -2.70. The molecule has 12 nitrogen and oxygen atoms in total. The molecule has 5 saturated carbocycles. The summed E-state index contributed by atoms with van der Waals surface area (Å²) in [6.07, 6.45) is -0.104. The number of likely N-dealkylation sites (N-methyl/N-ethyl adjacent to an activating group) is 1. The number of carbonyl (C=O) groups excluding carboxylic acids is 3. The summed E-state index contributed by atoms with van der Waals surface area (Å²) in [5.74, 6) is -2.57. The fraction of sp³-hybridized carbons (Fsp3) is 0.743. The third kappa shape index (κ3) is 4.06. The van der Waals surface area contributed by atoms with Gasteiger partial charge in [0, 0.05) is 76.7 Å². The summed E-state index contributed by atoms with van der Waals surface area (Å²) in [5, 5.41) is 29.3. The van der Waals surface area contributed by atoms with Crippen LogP contribution < -0.4 is 5.32 Å². The van der Waals surface area contributed by atoms with Crippen LogP contribution in [0.5, 0.6) is 0 Å². The highest BCUT2D eigenvalue weighted by atomic mass is 16.6. The van der Waals surface area contributed by atoms with Gasteiger partial charge in [-0.25, -0.2) is 4.79 Å². The molecular weight excluding hydrogens is 608 g/mol. The molecule has 1 heterocycles. The predicted octanol–water partition coefficient (Wildman–Crippen LogP) is 2.01. The number of likely N-dealkylation sites (tertiary alicyclic amines) is 1. The average Bonchev–Trinajstić information content (AvgIpc) is 3.42. The van der Waals surface area contributed by atoms with Gasteiger partial charge >= 0.3 is 11.9 Å². The number of amides is 1. The third-order valence-corrected chi connectivity index (χ3v) is 13.3. The number of aliphatic hydroxyl groups is 2. The Kier molecular flexibility index (Phi) is 7.85. The van der Waals surface area contributed by atoms with Crippen molar-refractivity contribution in [2.45, 2.75) is 88.1 Å². The molecule has 1 aliphatic heterocycles. The first-order chi connectivity index (χ1) is 22.4. The Hall–Kier alpha value is -2.61. The lowest BCUT2D eigenvalue weighted by atomic mass is 9.42. The molecule has 47 heavy (non-hydrogen) atoms. The number of nitrogens with one attached hydrogen (secondary N) is 1. The summed E-state index contributed by atoms with van der Waals surface area (Å²) in [7, 11) is 4.89. The Morgan fingerprint density at radius 2 is 1.81 bits per heavy atom. The van der Waals surface area contributed by atoms with Crippen molar-refractivity contribution in [3.05, 3.63) is 29.8 Å². The molecule has 6 fully saturated rings. The van der Waals surface area contributed by atoms with Crippen LogP contribution in [-0.2, 0) is 33.3 Å². The molecule has 7 unspecified atom stereocenters. The van der Waals surface area contributed by atoms with Crippen molar-refractivity contribution in [2.24, 2.45) is 34.5 Å². The molecule has 1 aromatic carbocycles. The molecule has 13 atom stereocenters. The van der Waals surface area contributed by atoms with Gasteiger partial charge in [0.1, 0.15) is 17.3 Å². The second kappa shape index (κ2) is 11.2. The molecule has 1 spiro atoms. The normalized spacial score (nSPS) is 45.7. The number of hydrogen-bond donors (Lipinski definition) is 3. The Balaban J connectivity index is 1.37. The van der Waals surface area contributed by atoms with Gasteiger partial charge in [-0.15, -0.1) is 0 Å². The summed E-state index contributed by atoms with van der Waals surface area (Å²) < 4.78 is 31.0. The Morgan fingerprint density at radius 3 is 2.45 bits per heavy atom. The van der Waals surface area contributed by atoms with E-state index in [4.69, 9.17) is 23.7 Å². The smallest absolute Gasteiger partial charge is 0.340 e. The van der Waals surface area contributed by atoms with Gasteiger partial charge < -0.3 is 39.2 Å². The summed E-state index contributed by atoms with van der Waals surface area (Å²) in [5.41, 5.74) is -4.23. The van der Waals surface area contributed by atoms with E-state index in [1.165, 1.54) is 13.8 Å². The number of anilines is 1. The van der Waals surface area contributed by atoms with E-state index in [-0.39, 0.29) is 48.4 Å². The van der Waals surface area contributed by atoms with Crippen LogP contribution >= 0.6 is 0 Å². The SMILES string of the molecule is CCN1C[C@]2(COC(=O)c3ccccc3NC(C)=O)CC[C@@H](OC)[C@@]34C5C[C@@H]6C(OC(C)=O)C5[C@](O)(C[C@@H]6OC)C(O)(C(OC)C23)C14. The number of esters is 2. The highest BCUT2D eigenvalue weighted by Gasteiger charge is 2.92. The second-order valence-corrected chi connectivity index (χ2v) is 14.9. The van der Waals surface area contributed by atoms with E-state index in [1.807, 2.05) is 6.92 Å². The number of carbonyl (C=O) groups is 3. The zero-order valence-corrected chi connectivity index (χ0v) is 28.1. The number of para-hydroxylation sites is 1. The van der Waals surface area contributed by atoms with Crippen molar-refractivity contribution in [1.82, 2.24) is 4.90 Å². The van der Waals surface area contributed by atoms with Crippen molar-refractivity contribution in [3.8, 4) is 0 Å². The number of benzene rings is 1. The van der Waals surface area contributed by atoms with Crippen LogP contribution in [-0.4, -0.2) is 116 Å². The highest BCUT2D eigenvalue weighted by Crippen LogP contribution is 2.80. The van der Waals surface area contributed by atoms with Crippen molar-refractivity contribution in [1.29, 1.82) is 0 Å². The van der Waals surface area contributed by atoms with Gasteiger partial charge in [-0.05, 0) is 43.9 Å². The van der Waals surface area contributed by atoms with E-state index in [9.17, 15) is 24.6 Å². The number of rotatable bonds is 9. The monoisotopic (exact) mass is 656 g/mol. The van der Waals surface area contributed by atoms with Gasteiger partial charge in [-0.2, -0.15) is 0 Å². The average molecular weight is 657 g/mol. The van der Waals surface area contributed by atoms with Gasteiger partial charge in [0.25, 0.3) is 0 Å². The van der Waals surface area contributed by atoms with Crippen LogP contribution in [0.15, 0.2) is 24.3 Å². The van der Waals surface area contributed by atoms with Crippen LogP contribution in [0.25, 0.3) is 0 Å². The van der Waals surface area contributed by atoms with Crippen LogP contribution in [0.3, 0.4) is 0 Å². The first-order valence-electron chi connectivity index (χ1n) is 16.9. The first-order valence-corrected chi connectivity index (χ1v) is 16.9. The van der Waals surface area contributed by atoms with Crippen LogP contribution in [0, 0.1) is 34.5 Å². The van der Waals surface area contributed by atoms with Crippen LogP contribution in [0.1, 0.15) is 56.8 Å². The maximum absolute atomic E-state index is 13.7. The van der Waals surface area contributed by atoms with Gasteiger partial charge in [0.15, 0.2) is 0 Å². The van der Waals surface area contributed by atoms with E-state index in [1.54, 1.807) is 45.6 Å². The number of ether oxygens (including phenoxy) is 5. The Bertz CT molecular complexity index is 1460. The van der Waals surface area contributed by atoms with Gasteiger partial charge in [0.05, 0.1) is 42.2 Å². The topological polar surface area (TPSA) is 153 Å². The summed E-state index contributed by atoms with van der Waals surface area (Å²) >= 11 is 0. The minimum absolute atomic E-state index is 0.0512. The standard InChI is InChI=1S/C35H48N2O10/c1-7-37-16-32(17-46-30(40)20-10-8-9-11-23(20)36-18(2)38)13-12-25(44-5)34-22-14-21-24(43-4)15-33(41,26(22)27(21)47-19(3)39)35(42,31(34)37)29(45-6)28(32)34/h8-11,21-22,24-29,31,41-42H,7,12-17H2,1-6H3,(H,36,38)/t21-,22?,24-,25+,26?,27?,28?,29?,31?,32-,33+,34-,35?/m0/s1. The number of hydrogen-bond acceptors (Lipinski definition) is 11. The molecule has 258 valence electrons. The molecule has 1 aromatic rings. The fourth-order valence-electron chi connectivity index (χ4n) is 12.3. The molecule has 6 aliphatic rings. The van der Waals surface area contributed by atoms with Gasteiger partial charge in [0.2, 0.25) is 5.91 Å². The van der Waals surface area contributed by atoms with E-state index < -0.39 is 64.2 Å². The number of fused-ring (bicyclic) bond motifs is 2. The molecule has 7 bridgehead atoms. The zero-order valence-electron chi connectivity index (χ0n) is 28.1. The van der Waals surface area contributed by atoms with Crippen LogP contribution in [0.4, 0.5) is 5.69 Å². The molecule has 0 aromatic heterocycles. The lowest BCUT2D eigenvalue weighted by Crippen LogP contribution is -2.82. The third-order valence-electron chi connectivity index (χ3n) is 13.3. The van der Waals surface area contributed by atoms with Gasteiger partial charge in [-0.3, -0.25) is 14.5 Å². The molecule has 1 amide bonds. The van der Waals surface area contributed by atoms with Crippen molar-refractivity contribution in [3.63, 3.8) is 0 Å². The second-order valence-electron chi connectivity index (χ2n) is 14.9. The molecule has 1 saturated heterocycles. The quantitative estimate of drug-likeness (QED) is 0.335. The molecule has 12 heteroatoms. The van der Waals surface area contributed by atoms with Crippen molar-refractivity contribution in [2.75, 3.05) is 46.3 Å². The van der Waals surface area contributed by atoms with E-state index in [0.29, 0.717) is 38.0 Å². The molecule has 0 radical (unpaired) electrons. The summed E-state index contributed by atoms with van der Waals surface area (Å²) in [6, 6.07) is 6.24. The zero-order chi connectivity index (χ0) is 33.7. The van der Waals surface area contributed by atoms with E-state index in [2.05, 4.69) is 10.2 Å². The summed E-state index contributed by atoms with van der Waals surface area (Å²) in [4.78, 5) is 40.4. The largest absolute Gasteiger partial charge is 0.462 e. The maximum atomic E-state index is 13.7. The maximum Gasteiger partial charge on any atom is 0.340 e. The van der Waals surface area contributed by atoms with E-state index >= 15 is 0 Å². The fourth-order valence-corrected chi connectivity index (χ4v) is 12.3. The number of piperidine rings is 1.